The van der Waals surface area contributed by atoms with Crippen molar-refractivity contribution in [1.82, 2.24) is 4.98 Å². The molecular formula is C9H8BrNO2. The topological polar surface area (TPSA) is 39.2 Å². The lowest BCUT2D eigenvalue weighted by atomic mass is 10.2. The first-order valence-corrected chi connectivity index (χ1v) is 4.34. The zero-order valence-electron chi connectivity index (χ0n) is 7.08. The Morgan fingerprint density at radius 1 is 1.77 bits per heavy atom. The molecule has 0 saturated heterocycles. The Balaban J connectivity index is 3.23. The van der Waals surface area contributed by atoms with E-state index in [1.54, 1.807) is 12.3 Å². The van der Waals surface area contributed by atoms with Gasteiger partial charge < -0.3 is 4.74 Å². The van der Waals surface area contributed by atoms with E-state index >= 15 is 0 Å². The largest absolute Gasteiger partial charge is 0.480 e. The van der Waals surface area contributed by atoms with E-state index in [0.29, 0.717) is 11.4 Å². The van der Waals surface area contributed by atoms with Crippen molar-refractivity contribution in [1.29, 1.82) is 0 Å². The van der Waals surface area contributed by atoms with Crippen molar-refractivity contribution in [3.05, 3.63) is 35.0 Å². The average molecular weight is 242 g/mol. The molecule has 1 aromatic rings. The van der Waals surface area contributed by atoms with Gasteiger partial charge in [-0.3, -0.25) is 4.79 Å². The van der Waals surface area contributed by atoms with Crippen LogP contribution >= 0.6 is 15.9 Å². The summed E-state index contributed by atoms with van der Waals surface area (Å²) >= 11 is 3.22. The molecule has 0 aliphatic carbocycles. The third-order valence-corrected chi connectivity index (χ3v) is 1.90. The highest BCUT2D eigenvalue weighted by Crippen LogP contribution is 2.20. The van der Waals surface area contributed by atoms with Gasteiger partial charge in [0.15, 0.2) is 5.78 Å². The molecule has 0 saturated carbocycles. The van der Waals surface area contributed by atoms with Crippen LogP contribution in [0.1, 0.15) is 10.4 Å². The fourth-order valence-electron chi connectivity index (χ4n) is 0.876. The monoisotopic (exact) mass is 241 g/mol. The van der Waals surface area contributed by atoms with Crippen LogP contribution in [0.2, 0.25) is 0 Å². The summed E-state index contributed by atoms with van der Waals surface area (Å²) in [4.78, 5) is 15.2. The average Bonchev–Trinajstić information content (AvgIpc) is 2.16. The fourth-order valence-corrected chi connectivity index (χ4v) is 1.21. The number of carbonyl (C=O) groups is 1. The van der Waals surface area contributed by atoms with Gasteiger partial charge in [-0.2, -0.15) is 0 Å². The van der Waals surface area contributed by atoms with Crippen LogP contribution in [-0.4, -0.2) is 17.9 Å². The zero-order chi connectivity index (χ0) is 9.84. The molecule has 0 atom stereocenters. The minimum absolute atomic E-state index is 0.203. The maximum Gasteiger partial charge on any atom is 0.224 e. The first-order valence-electron chi connectivity index (χ1n) is 3.55. The molecule has 0 aliphatic rings. The van der Waals surface area contributed by atoms with Crippen molar-refractivity contribution in [2.45, 2.75) is 0 Å². The van der Waals surface area contributed by atoms with Gasteiger partial charge in [0.05, 0.1) is 12.7 Å². The Labute approximate surface area is 84.6 Å². The van der Waals surface area contributed by atoms with Crippen LogP contribution in [0.4, 0.5) is 0 Å². The van der Waals surface area contributed by atoms with Gasteiger partial charge in [0, 0.05) is 10.7 Å². The summed E-state index contributed by atoms with van der Waals surface area (Å²) < 4.78 is 5.66. The number of aromatic nitrogens is 1. The second-order valence-electron chi connectivity index (χ2n) is 2.28. The Hall–Kier alpha value is -1.16. The lowest BCUT2D eigenvalue weighted by Gasteiger charge is -2.03. The molecule has 0 radical (unpaired) electrons. The molecule has 0 amide bonds. The Kier molecular flexibility index (Phi) is 3.19. The molecule has 1 rings (SSSR count). The first kappa shape index (κ1) is 9.92. The van der Waals surface area contributed by atoms with Crippen LogP contribution in [0.15, 0.2) is 29.4 Å². The molecule has 68 valence electrons. The summed E-state index contributed by atoms with van der Waals surface area (Å²) in [5, 5.41) is 0. The lowest BCUT2D eigenvalue weighted by molar-refractivity contribution is 0.104. The molecule has 4 heteroatoms. The number of pyridine rings is 1. The van der Waals surface area contributed by atoms with Crippen molar-refractivity contribution in [2.75, 3.05) is 7.11 Å². The third kappa shape index (κ3) is 2.15. The summed E-state index contributed by atoms with van der Waals surface area (Å²) in [6.07, 6.45) is 2.80. The van der Waals surface area contributed by atoms with Crippen LogP contribution in [-0.2, 0) is 0 Å². The molecule has 3 nitrogen and oxygen atoms in total. The second kappa shape index (κ2) is 4.18. The quantitative estimate of drug-likeness (QED) is 0.602. The molecule has 0 fully saturated rings. The minimum Gasteiger partial charge on any atom is -0.480 e. The highest BCUT2D eigenvalue weighted by Gasteiger charge is 2.10. The van der Waals surface area contributed by atoms with E-state index < -0.39 is 0 Å². The number of ether oxygens (including phenoxy) is 1. The van der Waals surface area contributed by atoms with Gasteiger partial charge in [-0.1, -0.05) is 6.58 Å². The van der Waals surface area contributed by atoms with Crippen LogP contribution in [0.25, 0.3) is 0 Å². The molecule has 0 unspecified atom stereocenters. The van der Waals surface area contributed by atoms with Crippen molar-refractivity contribution in [2.24, 2.45) is 0 Å². The number of methoxy groups -OCH3 is 1. The maximum atomic E-state index is 11.3. The van der Waals surface area contributed by atoms with E-state index in [1.807, 2.05) is 0 Å². The number of carbonyl (C=O) groups excluding carboxylic acids is 1. The Bertz CT molecular complexity index is 349. The van der Waals surface area contributed by atoms with E-state index in [2.05, 4.69) is 27.5 Å². The number of nitrogens with zero attached hydrogens (tertiary/aromatic N) is 1. The van der Waals surface area contributed by atoms with E-state index in [4.69, 9.17) is 4.74 Å². The van der Waals surface area contributed by atoms with Crippen molar-refractivity contribution >= 4 is 21.7 Å². The standard InChI is InChI=1S/C9H8BrNO2/c1-3-8(12)7-4-6(10)5-11-9(7)13-2/h3-5H,1H2,2H3. The molecule has 1 heterocycles. The molecule has 0 aliphatic heterocycles. The van der Waals surface area contributed by atoms with E-state index in [9.17, 15) is 4.79 Å². The Morgan fingerprint density at radius 2 is 2.46 bits per heavy atom. The molecule has 0 spiro atoms. The molecular weight excluding hydrogens is 234 g/mol. The number of hydrogen-bond acceptors (Lipinski definition) is 3. The molecule has 0 aromatic carbocycles. The zero-order valence-corrected chi connectivity index (χ0v) is 8.67. The van der Waals surface area contributed by atoms with Crippen molar-refractivity contribution in [3.8, 4) is 5.88 Å². The predicted molar refractivity (Wildman–Crippen MR) is 53.0 cm³/mol. The number of allylic oxidation sites excluding steroid dienone is 1. The van der Waals surface area contributed by atoms with Crippen molar-refractivity contribution in [3.63, 3.8) is 0 Å². The first-order chi connectivity index (χ1) is 6.19. The summed E-state index contributed by atoms with van der Waals surface area (Å²) in [6, 6.07) is 1.65. The third-order valence-electron chi connectivity index (χ3n) is 1.46. The fraction of sp³-hybridized carbons (Fsp3) is 0.111. The summed E-state index contributed by atoms with van der Waals surface area (Å²) in [7, 11) is 1.47. The van der Waals surface area contributed by atoms with Gasteiger partial charge in [0.25, 0.3) is 0 Å². The number of ketones is 1. The Morgan fingerprint density at radius 3 is 3.00 bits per heavy atom. The molecule has 1 aromatic heterocycles. The van der Waals surface area contributed by atoms with Gasteiger partial charge in [-0.05, 0) is 28.1 Å². The van der Waals surface area contributed by atoms with Crippen LogP contribution in [0.5, 0.6) is 5.88 Å². The summed E-state index contributed by atoms with van der Waals surface area (Å²) in [5.41, 5.74) is 0.409. The normalized spacial score (nSPS) is 9.38. The van der Waals surface area contributed by atoms with E-state index in [0.717, 1.165) is 4.47 Å². The summed E-state index contributed by atoms with van der Waals surface area (Å²) in [5.74, 6) is 0.110. The second-order valence-corrected chi connectivity index (χ2v) is 3.19. The number of rotatable bonds is 3. The van der Waals surface area contributed by atoms with Gasteiger partial charge in [-0.25, -0.2) is 4.98 Å². The predicted octanol–water partition coefficient (Wildman–Crippen LogP) is 2.22. The molecule has 0 bridgehead atoms. The maximum absolute atomic E-state index is 11.3. The highest BCUT2D eigenvalue weighted by molar-refractivity contribution is 9.10. The minimum atomic E-state index is -0.203. The number of hydrogen-bond donors (Lipinski definition) is 0. The number of halogens is 1. The van der Waals surface area contributed by atoms with Crippen LogP contribution < -0.4 is 4.74 Å². The molecule has 0 N–H and O–H groups in total. The van der Waals surface area contributed by atoms with Crippen LogP contribution in [0.3, 0.4) is 0 Å². The van der Waals surface area contributed by atoms with Gasteiger partial charge in [0.2, 0.25) is 5.88 Å². The van der Waals surface area contributed by atoms with E-state index in [1.165, 1.54) is 13.2 Å². The van der Waals surface area contributed by atoms with Crippen LogP contribution in [0, 0.1) is 0 Å². The van der Waals surface area contributed by atoms with E-state index in [-0.39, 0.29) is 5.78 Å². The lowest BCUT2D eigenvalue weighted by Crippen LogP contribution is -2.00. The van der Waals surface area contributed by atoms with Gasteiger partial charge in [0.1, 0.15) is 0 Å². The van der Waals surface area contributed by atoms with Gasteiger partial charge >= 0.3 is 0 Å². The highest BCUT2D eigenvalue weighted by atomic mass is 79.9. The van der Waals surface area contributed by atoms with Crippen molar-refractivity contribution < 1.29 is 9.53 Å². The molecule has 13 heavy (non-hydrogen) atoms. The smallest absolute Gasteiger partial charge is 0.224 e. The van der Waals surface area contributed by atoms with Gasteiger partial charge in [-0.15, -0.1) is 0 Å². The summed E-state index contributed by atoms with van der Waals surface area (Å²) in [6.45, 7) is 3.39. The SMILES string of the molecule is C=CC(=O)c1cc(Br)cnc1OC.